The van der Waals surface area contributed by atoms with E-state index < -0.39 is 0 Å². The summed E-state index contributed by atoms with van der Waals surface area (Å²) < 4.78 is 0. The maximum atomic E-state index is 10.6. The lowest BCUT2D eigenvalue weighted by Gasteiger charge is -2.57. The summed E-state index contributed by atoms with van der Waals surface area (Å²) in [5.41, 5.74) is 3.35. The molecule has 128 valence electrons. The van der Waals surface area contributed by atoms with E-state index in [4.69, 9.17) is 0 Å². The van der Waals surface area contributed by atoms with Gasteiger partial charge in [-0.2, -0.15) is 0 Å². The molecule has 2 nitrogen and oxygen atoms in total. The molecule has 23 heavy (non-hydrogen) atoms. The Labute approximate surface area is 140 Å². The van der Waals surface area contributed by atoms with Crippen LogP contribution in [-0.4, -0.2) is 22.4 Å². The lowest BCUT2D eigenvalue weighted by molar-refractivity contribution is -0.0278. The molecule has 3 fully saturated rings. The van der Waals surface area contributed by atoms with E-state index >= 15 is 0 Å². The van der Waals surface area contributed by atoms with Crippen LogP contribution >= 0.6 is 0 Å². The number of hydrogen-bond donors (Lipinski definition) is 2. The summed E-state index contributed by atoms with van der Waals surface area (Å²) in [7, 11) is 0. The van der Waals surface area contributed by atoms with E-state index in [0.29, 0.717) is 17.3 Å². The SMILES string of the molecule is CC=C1[C@H](O)CC2C3CC=C4C[C@@H](O)CC[C@]4(C)C3CC[C@]12C. The summed E-state index contributed by atoms with van der Waals surface area (Å²) in [6, 6.07) is 0. The summed E-state index contributed by atoms with van der Waals surface area (Å²) in [5.74, 6) is 2.09. The summed E-state index contributed by atoms with van der Waals surface area (Å²) in [6.07, 6.45) is 11.9. The first-order valence-corrected chi connectivity index (χ1v) is 9.62. The van der Waals surface area contributed by atoms with Crippen LogP contribution in [0.3, 0.4) is 0 Å². The summed E-state index contributed by atoms with van der Waals surface area (Å²) in [6.45, 7) is 6.97. The fourth-order valence-electron chi connectivity index (χ4n) is 7.03. The van der Waals surface area contributed by atoms with Crippen molar-refractivity contribution in [1.82, 2.24) is 0 Å². The van der Waals surface area contributed by atoms with Crippen molar-refractivity contribution < 1.29 is 10.2 Å². The second-order valence-corrected chi connectivity index (χ2v) is 9.11. The zero-order valence-corrected chi connectivity index (χ0v) is 14.9. The molecule has 0 saturated heterocycles. The van der Waals surface area contributed by atoms with E-state index in [-0.39, 0.29) is 17.6 Å². The number of rotatable bonds is 0. The summed E-state index contributed by atoms with van der Waals surface area (Å²) >= 11 is 0. The molecule has 0 aromatic rings. The highest BCUT2D eigenvalue weighted by atomic mass is 16.3. The minimum Gasteiger partial charge on any atom is -0.393 e. The van der Waals surface area contributed by atoms with E-state index in [2.05, 4.69) is 32.9 Å². The van der Waals surface area contributed by atoms with Crippen molar-refractivity contribution >= 4 is 0 Å². The molecule has 0 radical (unpaired) electrons. The minimum atomic E-state index is -0.222. The zero-order chi connectivity index (χ0) is 16.4. The van der Waals surface area contributed by atoms with Gasteiger partial charge in [0.1, 0.15) is 0 Å². The molecule has 0 aromatic heterocycles. The molecule has 7 atom stereocenters. The maximum absolute atomic E-state index is 10.6. The van der Waals surface area contributed by atoms with Gasteiger partial charge in [-0.1, -0.05) is 31.6 Å². The van der Waals surface area contributed by atoms with Crippen LogP contribution in [0.25, 0.3) is 0 Å². The second kappa shape index (κ2) is 5.20. The first-order valence-electron chi connectivity index (χ1n) is 9.62. The van der Waals surface area contributed by atoms with E-state index in [1.807, 2.05) is 0 Å². The lowest BCUT2D eigenvalue weighted by atomic mass is 9.48. The van der Waals surface area contributed by atoms with Gasteiger partial charge in [-0.3, -0.25) is 0 Å². The maximum Gasteiger partial charge on any atom is 0.0758 e. The van der Waals surface area contributed by atoms with Crippen molar-refractivity contribution in [1.29, 1.82) is 0 Å². The molecule has 3 unspecified atom stereocenters. The molecule has 4 rings (SSSR count). The third-order valence-electron chi connectivity index (χ3n) is 8.27. The van der Waals surface area contributed by atoms with Crippen molar-refractivity contribution in [3.05, 3.63) is 23.3 Å². The van der Waals surface area contributed by atoms with Gasteiger partial charge in [0.05, 0.1) is 12.2 Å². The number of hydrogen-bond acceptors (Lipinski definition) is 2. The van der Waals surface area contributed by atoms with Crippen LogP contribution in [0.2, 0.25) is 0 Å². The van der Waals surface area contributed by atoms with Crippen molar-refractivity contribution in [3.8, 4) is 0 Å². The van der Waals surface area contributed by atoms with Gasteiger partial charge in [-0.25, -0.2) is 0 Å². The Kier molecular flexibility index (Phi) is 3.59. The molecule has 2 heteroatoms. The first-order chi connectivity index (χ1) is 10.9. The molecular weight excluding hydrogens is 284 g/mol. The van der Waals surface area contributed by atoms with Crippen molar-refractivity contribution in [2.45, 2.75) is 77.9 Å². The van der Waals surface area contributed by atoms with Gasteiger partial charge in [0.15, 0.2) is 0 Å². The smallest absolute Gasteiger partial charge is 0.0758 e. The molecule has 0 amide bonds. The Bertz CT molecular complexity index is 562. The van der Waals surface area contributed by atoms with Crippen molar-refractivity contribution in [3.63, 3.8) is 0 Å². The first kappa shape index (κ1) is 15.9. The van der Waals surface area contributed by atoms with Crippen LogP contribution in [0.1, 0.15) is 65.7 Å². The van der Waals surface area contributed by atoms with E-state index in [1.54, 1.807) is 0 Å². The van der Waals surface area contributed by atoms with Crippen LogP contribution in [0.5, 0.6) is 0 Å². The molecule has 3 saturated carbocycles. The Hall–Kier alpha value is -0.600. The predicted molar refractivity (Wildman–Crippen MR) is 92.9 cm³/mol. The minimum absolute atomic E-state index is 0.123. The predicted octanol–water partition coefficient (Wildman–Crippen LogP) is 4.23. The Morgan fingerprint density at radius 3 is 2.57 bits per heavy atom. The molecule has 0 aliphatic heterocycles. The molecule has 2 N–H and O–H groups in total. The average Bonchev–Trinajstić information content (AvgIpc) is 2.77. The number of aliphatic hydroxyl groups excluding tert-OH is 2. The molecule has 4 aliphatic rings. The van der Waals surface area contributed by atoms with Gasteiger partial charge in [0, 0.05) is 0 Å². The molecule has 0 spiro atoms. The zero-order valence-electron chi connectivity index (χ0n) is 14.9. The van der Waals surface area contributed by atoms with Crippen LogP contribution in [0, 0.1) is 28.6 Å². The standard InChI is InChI=1S/C21H32O2/c1-4-16-19(23)12-18-15-6-5-13-11-14(22)7-9-20(13,2)17(15)8-10-21(16,18)3/h4-5,14-15,17-19,22-23H,6-12H2,1-3H3/t14-,15?,17?,18?,19+,20-,21+/m0/s1. The summed E-state index contributed by atoms with van der Waals surface area (Å²) in [5, 5.41) is 20.7. The highest BCUT2D eigenvalue weighted by Crippen LogP contribution is 2.66. The molecule has 0 heterocycles. The van der Waals surface area contributed by atoms with E-state index in [1.165, 1.54) is 24.0 Å². The van der Waals surface area contributed by atoms with Crippen LogP contribution < -0.4 is 0 Å². The monoisotopic (exact) mass is 316 g/mol. The summed E-state index contributed by atoms with van der Waals surface area (Å²) in [4.78, 5) is 0. The highest BCUT2D eigenvalue weighted by Gasteiger charge is 2.58. The number of fused-ring (bicyclic) bond motifs is 5. The van der Waals surface area contributed by atoms with Gasteiger partial charge >= 0.3 is 0 Å². The molecule has 0 bridgehead atoms. The second-order valence-electron chi connectivity index (χ2n) is 9.11. The number of allylic oxidation sites excluding steroid dienone is 2. The molecule has 4 aliphatic carbocycles. The Morgan fingerprint density at radius 2 is 1.83 bits per heavy atom. The fourth-order valence-corrected chi connectivity index (χ4v) is 7.03. The van der Waals surface area contributed by atoms with Gasteiger partial charge in [-0.05, 0) is 86.0 Å². The third kappa shape index (κ3) is 2.07. The molecule has 0 aromatic carbocycles. The highest BCUT2D eigenvalue weighted by molar-refractivity contribution is 5.31. The Morgan fingerprint density at radius 1 is 1.09 bits per heavy atom. The number of aliphatic hydroxyl groups is 2. The van der Waals surface area contributed by atoms with Gasteiger partial charge in [0.25, 0.3) is 0 Å². The average molecular weight is 316 g/mol. The Balaban J connectivity index is 1.70. The van der Waals surface area contributed by atoms with Crippen LogP contribution in [-0.2, 0) is 0 Å². The van der Waals surface area contributed by atoms with Crippen molar-refractivity contribution in [2.24, 2.45) is 28.6 Å². The van der Waals surface area contributed by atoms with Crippen LogP contribution in [0.15, 0.2) is 23.3 Å². The van der Waals surface area contributed by atoms with Gasteiger partial charge < -0.3 is 10.2 Å². The molecular formula is C21H32O2. The van der Waals surface area contributed by atoms with E-state index in [0.717, 1.165) is 38.0 Å². The topological polar surface area (TPSA) is 40.5 Å². The largest absolute Gasteiger partial charge is 0.393 e. The third-order valence-corrected chi connectivity index (χ3v) is 8.27. The van der Waals surface area contributed by atoms with Gasteiger partial charge in [0.2, 0.25) is 0 Å². The fraction of sp³-hybridized carbons (Fsp3) is 0.810. The lowest BCUT2D eigenvalue weighted by Crippen LogP contribution is -2.49. The van der Waals surface area contributed by atoms with Gasteiger partial charge in [-0.15, -0.1) is 0 Å². The normalized spacial score (nSPS) is 54.2. The van der Waals surface area contributed by atoms with E-state index in [9.17, 15) is 10.2 Å². The van der Waals surface area contributed by atoms with Crippen molar-refractivity contribution in [2.75, 3.05) is 0 Å². The quantitative estimate of drug-likeness (QED) is 0.657. The van der Waals surface area contributed by atoms with Crippen LogP contribution in [0.4, 0.5) is 0 Å².